The Bertz CT molecular complexity index is 983. The normalized spacial score (nSPS) is 10.2. The van der Waals surface area contributed by atoms with E-state index in [2.05, 4.69) is 10.6 Å². The molecule has 0 fully saturated rings. The second-order valence-electron chi connectivity index (χ2n) is 5.43. The summed E-state index contributed by atoms with van der Waals surface area (Å²) in [4.78, 5) is 45.8. The van der Waals surface area contributed by atoms with Gasteiger partial charge in [0.15, 0.2) is 6.61 Å². The number of benzene rings is 2. The largest absolute Gasteiger partial charge is 0.454 e. The number of rotatable bonds is 7. The van der Waals surface area contributed by atoms with Gasteiger partial charge in [-0.25, -0.2) is 0 Å². The highest BCUT2D eigenvalue weighted by Gasteiger charge is 2.18. The molecule has 9 nitrogen and oxygen atoms in total. The fourth-order valence-corrected chi connectivity index (χ4v) is 2.74. The van der Waals surface area contributed by atoms with Crippen LogP contribution in [-0.4, -0.2) is 35.9 Å². The molecule has 0 unspecified atom stereocenters. The summed E-state index contributed by atoms with van der Waals surface area (Å²) in [6.45, 7) is -1.25. The Labute approximate surface area is 179 Å². The first kappa shape index (κ1) is 22.4. The number of nitro groups is 1. The first-order valence-electron chi connectivity index (χ1n) is 7.80. The molecule has 0 heterocycles. The second kappa shape index (κ2) is 10.1. The number of hydrogen-bond donors (Lipinski definition) is 2. The van der Waals surface area contributed by atoms with Crippen LogP contribution in [0.3, 0.4) is 0 Å². The van der Waals surface area contributed by atoms with E-state index in [0.29, 0.717) is 5.02 Å². The van der Waals surface area contributed by atoms with Gasteiger partial charge < -0.3 is 15.4 Å². The Kier molecular flexibility index (Phi) is 7.77. The molecule has 2 N–H and O–H groups in total. The number of ether oxygens (including phenoxy) is 1. The van der Waals surface area contributed by atoms with E-state index in [1.807, 2.05) is 0 Å². The number of carbonyl (C=O) groups excluding carboxylic acids is 3. The molecule has 0 saturated carbocycles. The summed E-state index contributed by atoms with van der Waals surface area (Å²) in [6, 6.07) is 7.83. The first-order chi connectivity index (χ1) is 13.7. The van der Waals surface area contributed by atoms with Crippen molar-refractivity contribution in [3.8, 4) is 0 Å². The van der Waals surface area contributed by atoms with E-state index in [9.17, 15) is 24.5 Å². The van der Waals surface area contributed by atoms with Crippen molar-refractivity contribution in [1.82, 2.24) is 5.32 Å². The fourth-order valence-electron chi connectivity index (χ4n) is 2.07. The van der Waals surface area contributed by atoms with Crippen LogP contribution < -0.4 is 10.6 Å². The monoisotopic (exact) mass is 459 g/mol. The van der Waals surface area contributed by atoms with Gasteiger partial charge in [-0.2, -0.15) is 0 Å². The van der Waals surface area contributed by atoms with Crippen molar-refractivity contribution >= 4 is 64.0 Å². The summed E-state index contributed by atoms with van der Waals surface area (Å²) in [7, 11) is 0. The highest BCUT2D eigenvalue weighted by molar-refractivity contribution is 6.36. The standard InChI is InChI=1S/C17H12Cl3N3O6/c18-9-1-3-11(12(20)5-9)17(26)21-7-16(25)29-8-15(24)22-13-6-10(19)2-4-14(13)23(27)28/h1-6H,7-8H2,(H,21,26)(H,22,24). The number of esters is 1. The minimum absolute atomic E-state index is 0.103. The maximum atomic E-state index is 12.0. The lowest BCUT2D eigenvalue weighted by atomic mass is 10.2. The third kappa shape index (κ3) is 6.60. The van der Waals surface area contributed by atoms with Gasteiger partial charge in [-0.15, -0.1) is 0 Å². The zero-order valence-corrected chi connectivity index (χ0v) is 16.7. The molecule has 2 aromatic rings. The third-order valence-electron chi connectivity index (χ3n) is 3.36. The molecule has 152 valence electrons. The molecule has 0 saturated heterocycles. The summed E-state index contributed by atoms with van der Waals surface area (Å²) in [6.07, 6.45) is 0. The minimum Gasteiger partial charge on any atom is -0.454 e. The van der Waals surface area contributed by atoms with Gasteiger partial charge in [0.2, 0.25) is 0 Å². The van der Waals surface area contributed by atoms with Crippen molar-refractivity contribution in [3.05, 3.63) is 67.1 Å². The molecule has 0 radical (unpaired) electrons. The average Bonchev–Trinajstić information content (AvgIpc) is 2.64. The van der Waals surface area contributed by atoms with E-state index in [1.54, 1.807) is 0 Å². The van der Waals surface area contributed by atoms with Crippen molar-refractivity contribution in [3.63, 3.8) is 0 Å². The molecule has 2 aromatic carbocycles. The van der Waals surface area contributed by atoms with Crippen molar-refractivity contribution in [2.24, 2.45) is 0 Å². The van der Waals surface area contributed by atoms with Gasteiger partial charge in [-0.1, -0.05) is 34.8 Å². The Morgan fingerprint density at radius 1 is 1.03 bits per heavy atom. The highest BCUT2D eigenvalue weighted by atomic mass is 35.5. The second-order valence-corrected chi connectivity index (χ2v) is 6.71. The van der Waals surface area contributed by atoms with Crippen molar-refractivity contribution in [2.45, 2.75) is 0 Å². The molecule has 0 aliphatic rings. The number of hydrogen-bond acceptors (Lipinski definition) is 6. The topological polar surface area (TPSA) is 128 Å². The SMILES string of the molecule is O=C(COC(=O)CNC(=O)c1ccc(Cl)cc1Cl)Nc1cc(Cl)ccc1[N+](=O)[O-]. The average molecular weight is 461 g/mol. The number of carbonyl (C=O) groups is 3. The van der Waals surface area contributed by atoms with E-state index < -0.39 is 35.9 Å². The molecule has 0 atom stereocenters. The molecule has 0 bridgehead atoms. The van der Waals surface area contributed by atoms with Crippen LogP contribution in [0.2, 0.25) is 15.1 Å². The predicted octanol–water partition coefficient (Wildman–Crippen LogP) is 3.47. The van der Waals surface area contributed by atoms with E-state index >= 15 is 0 Å². The lowest BCUT2D eigenvalue weighted by Gasteiger charge is -2.09. The Balaban J connectivity index is 1.85. The molecular formula is C17H12Cl3N3O6. The zero-order valence-electron chi connectivity index (χ0n) is 14.4. The highest BCUT2D eigenvalue weighted by Crippen LogP contribution is 2.27. The van der Waals surface area contributed by atoms with Crippen LogP contribution in [0.25, 0.3) is 0 Å². The summed E-state index contributed by atoms with van der Waals surface area (Å²) in [5.41, 5.74) is -0.412. The smallest absolute Gasteiger partial charge is 0.325 e. The molecule has 0 aliphatic heterocycles. The van der Waals surface area contributed by atoms with E-state index in [4.69, 9.17) is 39.5 Å². The van der Waals surface area contributed by atoms with Crippen LogP contribution >= 0.6 is 34.8 Å². The van der Waals surface area contributed by atoms with Gasteiger partial charge in [0.25, 0.3) is 17.5 Å². The first-order valence-corrected chi connectivity index (χ1v) is 8.93. The number of halogens is 3. The van der Waals surface area contributed by atoms with Crippen LogP contribution in [0.15, 0.2) is 36.4 Å². The van der Waals surface area contributed by atoms with Gasteiger partial charge in [0.05, 0.1) is 15.5 Å². The Morgan fingerprint density at radius 3 is 2.34 bits per heavy atom. The molecule has 0 aliphatic carbocycles. The van der Waals surface area contributed by atoms with Gasteiger partial charge in [0.1, 0.15) is 12.2 Å². The molecule has 29 heavy (non-hydrogen) atoms. The summed E-state index contributed by atoms with van der Waals surface area (Å²) in [5.74, 6) is -2.36. The molecule has 2 rings (SSSR count). The summed E-state index contributed by atoms with van der Waals surface area (Å²) >= 11 is 17.4. The number of nitrogens with zero attached hydrogens (tertiary/aromatic N) is 1. The molecule has 0 aromatic heterocycles. The number of anilines is 1. The third-order valence-corrected chi connectivity index (χ3v) is 4.15. The lowest BCUT2D eigenvalue weighted by molar-refractivity contribution is -0.383. The predicted molar refractivity (Wildman–Crippen MR) is 106 cm³/mol. The molecular weight excluding hydrogens is 449 g/mol. The maximum absolute atomic E-state index is 12.0. The minimum atomic E-state index is -0.904. The van der Waals surface area contributed by atoms with Crippen LogP contribution in [-0.2, 0) is 14.3 Å². The number of amides is 2. The van der Waals surface area contributed by atoms with Crippen LogP contribution in [0.1, 0.15) is 10.4 Å². The van der Waals surface area contributed by atoms with Gasteiger partial charge in [0, 0.05) is 16.1 Å². The fraction of sp³-hybridized carbons (Fsp3) is 0.118. The van der Waals surface area contributed by atoms with Crippen molar-refractivity contribution in [2.75, 3.05) is 18.5 Å². The maximum Gasteiger partial charge on any atom is 0.325 e. The molecule has 2 amide bonds. The zero-order chi connectivity index (χ0) is 21.6. The quantitative estimate of drug-likeness (QED) is 0.370. The summed E-state index contributed by atoms with van der Waals surface area (Å²) < 4.78 is 4.72. The van der Waals surface area contributed by atoms with Crippen molar-refractivity contribution < 1.29 is 24.0 Å². The molecule has 0 spiro atoms. The number of nitrogens with one attached hydrogen (secondary N) is 2. The van der Waals surface area contributed by atoms with Gasteiger partial charge >= 0.3 is 5.97 Å². The number of nitro benzene ring substituents is 1. The summed E-state index contributed by atoms with van der Waals surface area (Å²) in [5, 5.41) is 16.1. The van der Waals surface area contributed by atoms with Crippen LogP contribution in [0, 0.1) is 10.1 Å². The van der Waals surface area contributed by atoms with E-state index in [1.165, 1.54) is 30.3 Å². The van der Waals surface area contributed by atoms with E-state index in [-0.39, 0.29) is 27.0 Å². The van der Waals surface area contributed by atoms with Crippen LogP contribution in [0.4, 0.5) is 11.4 Å². The lowest BCUT2D eigenvalue weighted by Crippen LogP contribution is -2.32. The van der Waals surface area contributed by atoms with Crippen molar-refractivity contribution in [1.29, 1.82) is 0 Å². The van der Waals surface area contributed by atoms with Crippen LogP contribution in [0.5, 0.6) is 0 Å². The van der Waals surface area contributed by atoms with Gasteiger partial charge in [-0.3, -0.25) is 24.5 Å². The van der Waals surface area contributed by atoms with E-state index in [0.717, 1.165) is 6.07 Å². The molecule has 12 heteroatoms. The van der Waals surface area contributed by atoms with Gasteiger partial charge in [-0.05, 0) is 30.3 Å². The Morgan fingerprint density at radius 2 is 1.69 bits per heavy atom. The Hall–Kier alpha value is -2.88.